The number of hydrogen-bond acceptors (Lipinski definition) is 3. The van der Waals surface area contributed by atoms with Gasteiger partial charge in [0.2, 0.25) is 5.91 Å². The number of amides is 2. The van der Waals surface area contributed by atoms with E-state index in [1.807, 2.05) is 20.8 Å². The third-order valence-corrected chi connectivity index (χ3v) is 2.49. The Hall–Kier alpha value is -2.04. The second-order valence-corrected chi connectivity index (χ2v) is 4.50. The average molecular weight is 264 g/mol. The summed E-state index contributed by atoms with van der Waals surface area (Å²) in [7, 11) is 1.52. The molecule has 19 heavy (non-hydrogen) atoms. The lowest BCUT2D eigenvalue weighted by Gasteiger charge is -2.13. The summed E-state index contributed by atoms with van der Waals surface area (Å²) in [5.74, 6) is 0.255. The average Bonchev–Trinajstić information content (AvgIpc) is 2.37. The number of aryl methyl sites for hydroxylation is 1. The predicted octanol–water partition coefficient (Wildman–Crippen LogP) is 1.26. The molecule has 0 aliphatic rings. The largest absolute Gasteiger partial charge is 0.491 e. The summed E-state index contributed by atoms with van der Waals surface area (Å²) in [6.07, 6.45) is 0.0895. The molecule has 0 aliphatic heterocycles. The fraction of sp³-hybridized carbons (Fsp3) is 0.429. The first-order valence-electron chi connectivity index (χ1n) is 6.20. The van der Waals surface area contributed by atoms with Crippen LogP contribution in [0.3, 0.4) is 0 Å². The molecule has 0 unspecified atom stereocenters. The van der Waals surface area contributed by atoms with E-state index in [1.54, 1.807) is 18.2 Å². The molecule has 1 aromatic rings. The van der Waals surface area contributed by atoms with E-state index >= 15 is 0 Å². The van der Waals surface area contributed by atoms with Crippen LogP contribution in [0.2, 0.25) is 0 Å². The minimum Gasteiger partial charge on any atom is -0.491 e. The van der Waals surface area contributed by atoms with Crippen molar-refractivity contribution in [1.29, 1.82) is 0 Å². The lowest BCUT2D eigenvalue weighted by molar-refractivity contribution is -0.119. The Morgan fingerprint density at radius 2 is 2.00 bits per heavy atom. The van der Waals surface area contributed by atoms with E-state index in [0.29, 0.717) is 5.56 Å². The molecule has 0 aliphatic carbocycles. The highest BCUT2D eigenvalue weighted by atomic mass is 16.5. The summed E-state index contributed by atoms with van der Waals surface area (Å²) in [5, 5.41) is 4.99. The second-order valence-electron chi connectivity index (χ2n) is 4.50. The van der Waals surface area contributed by atoms with Gasteiger partial charge in [0, 0.05) is 12.6 Å². The van der Waals surface area contributed by atoms with E-state index in [-0.39, 0.29) is 24.5 Å². The van der Waals surface area contributed by atoms with Crippen molar-refractivity contribution in [3.8, 4) is 5.75 Å². The first-order valence-corrected chi connectivity index (χ1v) is 6.20. The van der Waals surface area contributed by atoms with Crippen molar-refractivity contribution in [2.75, 3.05) is 13.6 Å². The molecule has 0 radical (unpaired) electrons. The topological polar surface area (TPSA) is 67.4 Å². The zero-order valence-corrected chi connectivity index (χ0v) is 11.7. The summed E-state index contributed by atoms with van der Waals surface area (Å²) in [5.41, 5.74) is 1.40. The van der Waals surface area contributed by atoms with Crippen molar-refractivity contribution in [3.05, 3.63) is 29.3 Å². The molecule has 0 spiro atoms. The van der Waals surface area contributed by atoms with Crippen LogP contribution in [0.4, 0.5) is 0 Å². The van der Waals surface area contributed by atoms with Crippen LogP contribution < -0.4 is 15.4 Å². The van der Waals surface area contributed by atoms with Crippen LogP contribution in [-0.2, 0) is 4.79 Å². The number of carbonyl (C=O) groups excluding carboxylic acids is 2. The van der Waals surface area contributed by atoms with Crippen molar-refractivity contribution in [3.63, 3.8) is 0 Å². The number of benzene rings is 1. The van der Waals surface area contributed by atoms with Crippen molar-refractivity contribution >= 4 is 11.8 Å². The zero-order valence-electron chi connectivity index (χ0n) is 11.7. The molecule has 0 bridgehead atoms. The van der Waals surface area contributed by atoms with Gasteiger partial charge in [-0.05, 0) is 44.5 Å². The van der Waals surface area contributed by atoms with E-state index in [1.165, 1.54) is 7.05 Å². The lowest BCUT2D eigenvalue weighted by Crippen LogP contribution is -2.35. The molecule has 0 heterocycles. The fourth-order valence-electron chi connectivity index (χ4n) is 1.53. The molecule has 2 amide bonds. The number of ether oxygens (including phenoxy) is 1. The third-order valence-electron chi connectivity index (χ3n) is 2.49. The Kier molecular flexibility index (Phi) is 5.36. The van der Waals surface area contributed by atoms with Gasteiger partial charge in [-0.2, -0.15) is 0 Å². The van der Waals surface area contributed by atoms with Crippen LogP contribution in [0.25, 0.3) is 0 Å². The fourth-order valence-corrected chi connectivity index (χ4v) is 1.53. The van der Waals surface area contributed by atoms with Crippen LogP contribution in [0.5, 0.6) is 5.75 Å². The van der Waals surface area contributed by atoms with Gasteiger partial charge in [0.05, 0.1) is 12.6 Å². The molecule has 0 fully saturated rings. The van der Waals surface area contributed by atoms with Gasteiger partial charge in [0.1, 0.15) is 5.75 Å². The van der Waals surface area contributed by atoms with Crippen LogP contribution >= 0.6 is 0 Å². The molecule has 5 heteroatoms. The molecule has 0 saturated heterocycles. The number of rotatable bonds is 5. The maximum atomic E-state index is 11.8. The summed E-state index contributed by atoms with van der Waals surface area (Å²) < 4.78 is 5.60. The molecule has 5 nitrogen and oxygen atoms in total. The Morgan fingerprint density at radius 1 is 1.32 bits per heavy atom. The maximum Gasteiger partial charge on any atom is 0.251 e. The summed E-state index contributed by atoms with van der Waals surface area (Å²) >= 11 is 0. The van der Waals surface area contributed by atoms with Gasteiger partial charge in [0.25, 0.3) is 5.91 Å². The minimum absolute atomic E-state index is 0.0291. The van der Waals surface area contributed by atoms with Gasteiger partial charge in [-0.25, -0.2) is 0 Å². The van der Waals surface area contributed by atoms with E-state index in [4.69, 9.17) is 4.74 Å². The highest BCUT2D eigenvalue weighted by Crippen LogP contribution is 2.20. The molecule has 0 aromatic heterocycles. The number of nitrogens with one attached hydrogen (secondary N) is 2. The quantitative estimate of drug-likeness (QED) is 0.841. The standard InChI is InChI=1S/C14H20N2O3/c1-9(2)19-12-6-5-11(7-10(12)3)14(18)16-8-13(17)15-4/h5-7,9H,8H2,1-4H3,(H,15,17)(H,16,18). The van der Waals surface area contributed by atoms with E-state index in [9.17, 15) is 9.59 Å². The molecule has 1 rings (SSSR count). The van der Waals surface area contributed by atoms with Crippen molar-refractivity contribution in [2.45, 2.75) is 26.9 Å². The van der Waals surface area contributed by atoms with Gasteiger partial charge in [-0.15, -0.1) is 0 Å². The summed E-state index contributed by atoms with van der Waals surface area (Å²) in [4.78, 5) is 22.9. The Bertz CT molecular complexity index is 470. The molecule has 1 aromatic carbocycles. The van der Waals surface area contributed by atoms with E-state index < -0.39 is 0 Å². The number of hydrogen-bond donors (Lipinski definition) is 2. The molecule has 104 valence electrons. The summed E-state index contributed by atoms with van der Waals surface area (Å²) in [6.45, 7) is 5.75. The van der Waals surface area contributed by atoms with Crippen molar-refractivity contribution in [2.24, 2.45) is 0 Å². The monoisotopic (exact) mass is 264 g/mol. The third kappa shape index (κ3) is 4.62. The summed E-state index contributed by atoms with van der Waals surface area (Å²) in [6, 6.07) is 5.20. The molecular formula is C14H20N2O3. The van der Waals surface area contributed by atoms with Gasteiger partial charge < -0.3 is 15.4 Å². The molecular weight excluding hydrogens is 244 g/mol. The second kappa shape index (κ2) is 6.78. The van der Waals surface area contributed by atoms with E-state index in [2.05, 4.69) is 10.6 Å². The van der Waals surface area contributed by atoms with Gasteiger partial charge >= 0.3 is 0 Å². The Morgan fingerprint density at radius 3 is 2.53 bits per heavy atom. The normalized spacial score (nSPS) is 10.2. The van der Waals surface area contributed by atoms with Crippen LogP contribution in [0.1, 0.15) is 29.8 Å². The van der Waals surface area contributed by atoms with Crippen LogP contribution in [0.15, 0.2) is 18.2 Å². The minimum atomic E-state index is -0.275. The van der Waals surface area contributed by atoms with Crippen LogP contribution in [0, 0.1) is 6.92 Å². The van der Waals surface area contributed by atoms with Gasteiger partial charge in [0.15, 0.2) is 0 Å². The first-order chi connectivity index (χ1) is 8.93. The number of carbonyl (C=O) groups is 2. The highest BCUT2D eigenvalue weighted by molar-refractivity contribution is 5.96. The van der Waals surface area contributed by atoms with Gasteiger partial charge in [-0.3, -0.25) is 9.59 Å². The molecule has 0 saturated carbocycles. The van der Waals surface area contributed by atoms with Crippen molar-refractivity contribution < 1.29 is 14.3 Å². The van der Waals surface area contributed by atoms with Crippen molar-refractivity contribution in [1.82, 2.24) is 10.6 Å². The zero-order chi connectivity index (χ0) is 14.4. The van der Waals surface area contributed by atoms with E-state index in [0.717, 1.165) is 11.3 Å². The van der Waals surface area contributed by atoms with Gasteiger partial charge in [-0.1, -0.05) is 0 Å². The molecule has 0 atom stereocenters. The maximum absolute atomic E-state index is 11.8. The Balaban J connectivity index is 2.71. The Labute approximate surface area is 113 Å². The molecule has 2 N–H and O–H groups in total. The predicted molar refractivity (Wildman–Crippen MR) is 73.3 cm³/mol. The lowest BCUT2D eigenvalue weighted by atomic mass is 10.1. The highest BCUT2D eigenvalue weighted by Gasteiger charge is 2.10. The first kappa shape index (κ1) is 15.0. The van der Waals surface area contributed by atoms with Crippen LogP contribution in [-0.4, -0.2) is 31.5 Å². The smallest absolute Gasteiger partial charge is 0.251 e. The SMILES string of the molecule is CNC(=O)CNC(=O)c1ccc(OC(C)C)c(C)c1. The number of likely N-dealkylation sites (N-methyl/N-ethyl adjacent to an activating group) is 1.